The Bertz CT molecular complexity index is 1020. The molecule has 4 aromatic rings. The summed E-state index contributed by atoms with van der Waals surface area (Å²) in [6.45, 7) is 0. The predicted molar refractivity (Wildman–Crippen MR) is 97.7 cm³/mol. The molecule has 4 aromatic heterocycles. The maximum absolute atomic E-state index is 4.84. The summed E-state index contributed by atoms with van der Waals surface area (Å²) in [6.07, 6.45) is 17.8. The summed E-state index contributed by atoms with van der Waals surface area (Å²) in [6, 6.07) is 4.63. The summed E-state index contributed by atoms with van der Waals surface area (Å²) in [5.41, 5.74) is 3.85. The Balaban J connectivity index is 1.64. The molecule has 0 saturated heterocycles. The predicted octanol–water partition coefficient (Wildman–Crippen LogP) is 3.79. The van der Waals surface area contributed by atoms with Crippen molar-refractivity contribution < 1.29 is 0 Å². The van der Waals surface area contributed by atoms with Crippen LogP contribution in [0.25, 0.3) is 22.6 Å². The van der Waals surface area contributed by atoms with E-state index in [1.165, 1.54) is 32.1 Å². The zero-order chi connectivity index (χ0) is 16.6. The van der Waals surface area contributed by atoms with Crippen molar-refractivity contribution in [3.05, 3.63) is 49.3 Å². The van der Waals surface area contributed by atoms with Crippen molar-refractivity contribution in [2.75, 3.05) is 5.32 Å². The van der Waals surface area contributed by atoms with Crippen molar-refractivity contribution >= 4 is 17.1 Å². The fourth-order valence-electron chi connectivity index (χ4n) is 3.75. The molecule has 0 atom stereocenters. The van der Waals surface area contributed by atoms with Crippen molar-refractivity contribution in [1.29, 1.82) is 0 Å². The molecule has 6 heteroatoms. The second kappa shape index (κ2) is 5.88. The fourth-order valence-corrected chi connectivity index (χ4v) is 3.75. The molecule has 1 fully saturated rings. The Labute approximate surface area is 145 Å². The molecule has 0 unspecified atom stereocenters. The minimum absolute atomic E-state index is 0.512. The molecule has 6 nitrogen and oxygen atoms in total. The van der Waals surface area contributed by atoms with Crippen LogP contribution in [0.2, 0.25) is 0 Å². The molecule has 0 bridgehead atoms. The fraction of sp³-hybridized carbons (Fsp3) is 0.316. The highest BCUT2D eigenvalue weighted by Crippen LogP contribution is 2.31. The highest BCUT2D eigenvalue weighted by molar-refractivity contribution is 5.76. The molecule has 4 heterocycles. The summed E-state index contributed by atoms with van der Waals surface area (Å²) in [5, 5.41) is 3.76. The van der Waals surface area contributed by atoms with Crippen molar-refractivity contribution in [2.24, 2.45) is 0 Å². The molecule has 0 spiro atoms. The molecular weight excluding hydrogens is 312 g/mol. The first-order valence-corrected chi connectivity index (χ1v) is 8.90. The number of imidazole rings is 2. The van der Waals surface area contributed by atoms with Gasteiger partial charge in [-0.25, -0.2) is 9.97 Å². The topological polar surface area (TPSA) is 59.5 Å². The lowest BCUT2D eigenvalue weighted by atomic mass is 9.95. The highest BCUT2D eigenvalue weighted by Gasteiger charge is 2.19. The molecule has 25 heavy (non-hydrogen) atoms. The largest absolute Gasteiger partial charge is 0.367 e. The number of pyridine rings is 1. The molecule has 126 valence electrons. The number of hydrogen-bond acceptors (Lipinski definition) is 4. The Morgan fingerprint density at radius 1 is 1.00 bits per heavy atom. The Hall–Kier alpha value is -2.89. The standard InChI is InChI=1S/C19H20N6/c1-2-4-15(5-3-1)22-19-18(23-17-12-20-8-11-25(17)19)14-6-7-16-21-9-10-24(16)13-14/h6-13,15,22H,1-5H2. The molecule has 1 saturated carbocycles. The van der Waals surface area contributed by atoms with Gasteiger partial charge in [0.25, 0.3) is 0 Å². The molecule has 0 amide bonds. The van der Waals surface area contributed by atoms with Gasteiger partial charge in [0, 0.05) is 42.6 Å². The van der Waals surface area contributed by atoms with Crippen LogP contribution >= 0.6 is 0 Å². The molecule has 5 rings (SSSR count). The Morgan fingerprint density at radius 2 is 1.92 bits per heavy atom. The molecular formula is C19H20N6. The average Bonchev–Trinajstić information content (AvgIpc) is 3.27. The number of nitrogens with one attached hydrogen (secondary N) is 1. The van der Waals surface area contributed by atoms with Gasteiger partial charge in [-0.3, -0.25) is 9.38 Å². The third-order valence-electron chi connectivity index (χ3n) is 5.04. The van der Waals surface area contributed by atoms with Crippen molar-refractivity contribution in [3.63, 3.8) is 0 Å². The number of anilines is 1. The summed E-state index contributed by atoms with van der Waals surface area (Å²) in [4.78, 5) is 13.4. The van der Waals surface area contributed by atoms with Gasteiger partial charge < -0.3 is 9.72 Å². The van der Waals surface area contributed by atoms with Crippen LogP contribution in [0.3, 0.4) is 0 Å². The van der Waals surface area contributed by atoms with Crippen LogP contribution in [-0.2, 0) is 0 Å². The first-order valence-electron chi connectivity index (χ1n) is 8.90. The van der Waals surface area contributed by atoms with Crippen LogP contribution in [0, 0.1) is 0 Å². The number of aromatic nitrogens is 5. The van der Waals surface area contributed by atoms with Gasteiger partial charge in [-0.15, -0.1) is 0 Å². The second-order valence-electron chi connectivity index (χ2n) is 6.70. The van der Waals surface area contributed by atoms with E-state index in [1.54, 1.807) is 0 Å². The number of nitrogens with zero attached hydrogens (tertiary/aromatic N) is 5. The van der Waals surface area contributed by atoms with Crippen molar-refractivity contribution in [3.8, 4) is 11.3 Å². The molecule has 1 aliphatic rings. The Morgan fingerprint density at radius 3 is 2.84 bits per heavy atom. The molecule has 1 aliphatic carbocycles. The van der Waals surface area contributed by atoms with Crippen molar-refractivity contribution in [1.82, 2.24) is 23.8 Å². The van der Waals surface area contributed by atoms with E-state index in [0.717, 1.165) is 28.4 Å². The van der Waals surface area contributed by atoms with Gasteiger partial charge in [0.05, 0.1) is 6.20 Å². The molecule has 1 N–H and O–H groups in total. The smallest absolute Gasteiger partial charge is 0.157 e. The summed E-state index contributed by atoms with van der Waals surface area (Å²) in [5.74, 6) is 1.06. The van der Waals surface area contributed by atoms with Gasteiger partial charge in [0.1, 0.15) is 17.2 Å². The average molecular weight is 332 g/mol. The van der Waals surface area contributed by atoms with Gasteiger partial charge >= 0.3 is 0 Å². The third kappa shape index (κ3) is 2.54. The van der Waals surface area contributed by atoms with Gasteiger partial charge in [-0.2, -0.15) is 0 Å². The van der Waals surface area contributed by atoms with Crippen LogP contribution < -0.4 is 5.32 Å². The van der Waals surface area contributed by atoms with E-state index in [9.17, 15) is 0 Å². The quantitative estimate of drug-likeness (QED) is 0.620. The summed E-state index contributed by atoms with van der Waals surface area (Å²) in [7, 11) is 0. The monoisotopic (exact) mass is 332 g/mol. The highest BCUT2D eigenvalue weighted by atomic mass is 15.2. The van der Waals surface area contributed by atoms with Crippen LogP contribution in [0.4, 0.5) is 5.82 Å². The lowest BCUT2D eigenvalue weighted by Gasteiger charge is -2.24. The van der Waals surface area contributed by atoms with E-state index < -0.39 is 0 Å². The normalized spacial score (nSPS) is 15.8. The lowest BCUT2D eigenvalue weighted by Crippen LogP contribution is -2.23. The number of rotatable bonds is 3. The van der Waals surface area contributed by atoms with Crippen LogP contribution in [0.15, 0.2) is 49.3 Å². The summed E-state index contributed by atoms with van der Waals surface area (Å²) >= 11 is 0. The third-order valence-corrected chi connectivity index (χ3v) is 5.04. The van der Waals surface area contributed by atoms with Crippen LogP contribution in [-0.4, -0.2) is 29.8 Å². The minimum atomic E-state index is 0.512. The van der Waals surface area contributed by atoms with E-state index in [4.69, 9.17) is 4.98 Å². The maximum atomic E-state index is 4.84. The van der Waals surface area contributed by atoms with E-state index in [-0.39, 0.29) is 0 Å². The maximum Gasteiger partial charge on any atom is 0.157 e. The second-order valence-corrected chi connectivity index (χ2v) is 6.70. The van der Waals surface area contributed by atoms with Gasteiger partial charge in [-0.05, 0) is 25.0 Å². The zero-order valence-corrected chi connectivity index (χ0v) is 14.0. The van der Waals surface area contributed by atoms with Gasteiger partial charge in [-0.1, -0.05) is 19.3 Å². The number of hydrogen-bond donors (Lipinski definition) is 1. The zero-order valence-electron chi connectivity index (χ0n) is 14.0. The molecule has 0 aliphatic heterocycles. The van der Waals surface area contributed by atoms with E-state index in [2.05, 4.69) is 31.9 Å². The van der Waals surface area contributed by atoms with Gasteiger partial charge in [0.15, 0.2) is 5.65 Å². The van der Waals surface area contributed by atoms with E-state index in [1.807, 2.05) is 41.5 Å². The molecule has 0 aromatic carbocycles. The number of fused-ring (bicyclic) bond motifs is 2. The van der Waals surface area contributed by atoms with Crippen LogP contribution in [0.1, 0.15) is 32.1 Å². The van der Waals surface area contributed by atoms with E-state index in [0.29, 0.717) is 6.04 Å². The summed E-state index contributed by atoms with van der Waals surface area (Å²) < 4.78 is 4.14. The van der Waals surface area contributed by atoms with Crippen molar-refractivity contribution in [2.45, 2.75) is 38.1 Å². The first-order chi connectivity index (χ1) is 12.4. The molecule has 0 radical (unpaired) electrons. The lowest BCUT2D eigenvalue weighted by molar-refractivity contribution is 0.461. The SMILES string of the molecule is c1cn2c(NC3CCCCC3)c(-c3ccc4nccn4c3)nc2cn1. The Kier molecular flexibility index (Phi) is 3.40. The first kappa shape index (κ1) is 14.5. The van der Waals surface area contributed by atoms with Gasteiger partial charge in [0.2, 0.25) is 0 Å². The van der Waals surface area contributed by atoms with E-state index >= 15 is 0 Å². The van der Waals surface area contributed by atoms with Crippen LogP contribution in [0.5, 0.6) is 0 Å². The minimum Gasteiger partial charge on any atom is -0.367 e.